The number of hydrogen-bond acceptors (Lipinski definition) is 4. The quantitative estimate of drug-likeness (QED) is 0.894. The van der Waals surface area contributed by atoms with E-state index in [1.165, 1.54) is 11.3 Å². The van der Waals surface area contributed by atoms with Gasteiger partial charge in [-0.15, -0.1) is 23.7 Å². The highest BCUT2D eigenvalue weighted by Crippen LogP contribution is 2.29. The van der Waals surface area contributed by atoms with E-state index in [1.807, 2.05) is 24.3 Å². The molecule has 1 aromatic carbocycles. The summed E-state index contributed by atoms with van der Waals surface area (Å²) in [5, 5.41) is 5.64. The van der Waals surface area contributed by atoms with Crippen LogP contribution in [0.3, 0.4) is 0 Å². The van der Waals surface area contributed by atoms with E-state index in [0.29, 0.717) is 18.7 Å². The molecule has 0 radical (unpaired) electrons. The van der Waals surface area contributed by atoms with Gasteiger partial charge in [0.2, 0.25) is 0 Å². The molecule has 0 aliphatic rings. The van der Waals surface area contributed by atoms with Gasteiger partial charge in [-0.05, 0) is 23.6 Å². The highest BCUT2D eigenvalue weighted by atomic mass is 35.5. The van der Waals surface area contributed by atoms with E-state index in [0.717, 1.165) is 16.3 Å². The molecule has 1 aromatic heterocycles. The summed E-state index contributed by atoms with van der Waals surface area (Å²) in [5.41, 5.74) is 7.87. The topological polar surface area (TPSA) is 68.0 Å². The van der Waals surface area contributed by atoms with Crippen molar-refractivity contribution in [3.63, 3.8) is 0 Å². The molecular weight excluding hydrogens is 318 g/mol. The maximum atomic E-state index is 12.3. The van der Waals surface area contributed by atoms with Crippen LogP contribution in [0.1, 0.15) is 41.8 Å². The minimum absolute atomic E-state index is 0. The Labute approximate surface area is 141 Å². The number of para-hydroxylation sites is 1. The van der Waals surface area contributed by atoms with Crippen molar-refractivity contribution in [1.29, 1.82) is 0 Å². The molecule has 0 aliphatic carbocycles. The fraction of sp³-hybridized carbons (Fsp3) is 0.375. The van der Waals surface area contributed by atoms with Gasteiger partial charge in [-0.25, -0.2) is 4.98 Å². The summed E-state index contributed by atoms with van der Waals surface area (Å²) >= 11 is 1.47. The van der Waals surface area contributed by atoms with Gasteiger partial charge in [0.1, 0.15) is 5.69 Å². The Morgan fingerprint density at radius 3 is 2.64 bits per heavy atom. The second-order valence-electron chi connectivity index (χ2n) is 5.91. The van der Waals surface area contributed by atoms with Crippen LogP contribution in [0.15, 0.2) is 29.6 Å². The van der Waals surface area contributed by atoms with E-state index in [1.54, 1.807) is 5.38 Å². The zero-order chi connectivity index (χ0) is 15.5. The van der Waals surface area contributed by atoms with Crippen molar-refractivity contribution in [3.05, 3.63) is 45.9 Å². The van der Waals surface area contributed by atoms with Crippen molar-refractivity contribution in [2.75, 3.05) is 11.9 Å². The van der Waals surface area contributed by atoms with Crippen molar-refractivity contribution in [2.45, 2.75) is 32.6 Å². The van der Waals surface area contributed by atoms with Gasteiger partial charge in [0.25, 0.3) is 5.91 Å². The first-order chi connectivity index (χ1) is 9.91. The van der Waals surface area contributed by atoms with Crippen molar-refractivity contribution < 1.29 is 4.79 Å². The molecule has 2 aromatic rings. The first-order valence-corrected chi connectivity index (χ1v) is 7.85. The standard InChI is InChI=1S/C16H21N3OS.ClH/c1-16(2,3)11-6-4-5-7-12(11)19-15(20)13-10-21-14(18-13)8-9-17;/h4-7,10H,8-9,17H2,1-3H3,(H,19,20);1H. The SMILES string of the molecule is CC(C)(C)c1ccccc1NC(=O)c1csc(CCN)n1.Cl. The molecule has 3 N–H and O–H groups in total. The molecule has 6 heteroatoms. The Bertz CT molecular complexity index is 634. The average molecular weight is 340 g/mol. The predicted molar refractivity (Wildman–Crippen MR) is 95.2 cm³/mol. The number of anilines is 1. The number of rotatable bonds is 4. The number of amides is 1. The third kappa shape index (κ3) is 4.53. The fourth-order valence-corrected chi connectivity index (χ4v) is 2.88. The monoisotopic (exact) mass is 339 g/mol. The minimum atomic E-state index is -0.175. The summed E-state index contributed by atoms with van der Waals surface area (Å²) in [6.07, 6.45) is 0.705. The van der Waals surface area contributed by atoms with Gasteiger partial charge in [-0.3, -0.25) is 4.79 Å². The number of aromatic nitrogens is 1. The van der Waals surface area contributed by atoms with Gasteiger partial charge in [0.15, 0.2) is 0 Å². The summed E-state index contributed by atoms with van der Waals surface area (Å²) in [4.78, 5) is 16.6. The summed E-state index contributed by atoms with van der Waals surface area (Å²) in [7, 11) is 0. The number of nitrogens with one attached hydrogen (secondary N) is 1. The third-order valence-electron chi connectivity index (χ3n) is 3.13. The number of nitrogens with zero attached hydrogens (tertiary/aromatic N) is 1. The van der Waals surface area contributed by atoms with Crippen LogP contribution in [-0.2, 0) is 11.8 Å². The van der Waals surface area contributed by atoms with Crippen molar-refractivity contribution >= 4 is 35.3 Å². The molecule has 1 heterocycles. The van der Waals surface area contributed by atoms with E-state index in [9.17, 15) is 4.79 Å². The van der Waals surface area contributed by atoms with Gasteiger partial charge in [0, 0.05) is 17.5 Å². The maximum Gasteiger partial charge on any atom is 0.275 e. The zero-order valence-corrected chi connectivity index (χ0v) is 14.7. The van der Waals surface area contributed by atoms with E-state index >= 15 is 0 Å². The van der Waals surface area contributed by atoms with Crippen LogP contribution in [0.25, 0.3) is 0 Å². The van der Waals surface area contributed by atoms with Gasteiger partial charge in [-0.2, -0.15) is 0 Å². The van der Waals surface area contributed by atoms with E-state index in [-0.39, 0.29) is 23.7 Å². The molecule has 1 amide bonds. The van der Waals surface area contributed by atoms with Crippen LogP contribution in [0.5, 0.6) is 0 Å². The largest absolute Gasteiger partial charge is 0.330 e. The van der Waals surface area contributed by atoms with Gasteiger partial charge >= 0.3 is 0 Å². The van der Waals surface area contributed by atoms with Crippen molar-refractivity contribution in [2.24, 2.45) is 5.73 Å². The van der Waals surface area contributed by atoms with Crippen LogP contribution in [0.4, 0.5) is 5.69 Å². The molecule has 0 unspecified atom stereocenters. The molecule has 22 heavy (non-hydrogen) atoms. The molecule has 0 aliphatic heterocycles. The summed E-state index contributed by atoms with van der Waals surface area (Å²) < 4.78 is 0. The molecule has 0 saturated carbocycles. The summed E-state index contributed by atoms with van der Waals surface area (Å²) in [5.74, 6) is -0.175. The fourth-order valence-electron chi connectivity index (χ4n) is 2.09. The minimum Gasteiger partial charge on any atom is -0.330 e. The Morgan fingerprint density at radius 1 is 1.32 bits per heavy atom. The van der Waals surface area contributed by atoms with Crippen LogP contribution in [-0.4, -0.2) is 17.4 Å². The molecule has 0 atom stereocenters. The normalized spacial score (nSPS) is 10.9. The molecule has 0 spiro atoms. The number of benzene rings is 1. The first-order valence-electron chi connectivity index (χ1n) is 6.97. The lowest BCUT2D eigenvalue weighted by molar-refractivity contribution is 0.102. The highest BCUT2D eigenvalue weighted by molar-refractivity contribution is 7.09. The number of halogens is 1. The lowest BCUT2D eigenvalue weighted by Crippen LogP contribution is -2.19. The second kappa shape index (κ2) is 7.72. The number of carbonyl (C=O) groups excluding carboxylic acids is 1. The molecular formula is C16H22ClN3OS. The van der Waals surface area contributed by atoms with Gasteiger partial charge in [0.05, 0.1) is 5.01 Å². The lowest BCUT2D eigenvalue weighted by Gasteiger charge is -2.22. The van der Waals surface area contributed by atoms with Crippen LogP contribution >= 0.6 is 23.7 Å². The zero-order valence-electron chi connectivity index (χ0n) is 13.1. The van der Waals surface area contributed by atoms with Gasteiger partial charge < -0.3 is 11.1 Å². The van der Waals surface area contributed by atoms with Crippen molar-refractivity contribution in [3.8, 4) is 0 Å². The molecule has 4 nitrogen and oxygen atoms in total. The summed E-state index contributed by atoms with van der Waals surface area (Å²) in [6.45, 7) is 6.92. The number of hydrogen-bond donors (Lipinski definition) is 2. The highest BCUT2D eigenvalue weighted by Gasteiger charge is 2.19. The Hall–Kier alpha value is -1.43. The Balaban J connectivity index is 0.00000242. The molecule has 0 fully saturated rings. The predicted octanol–water partition coefficient (Wildman–Crippen LogP) is 3.62. The lowest BCUT2D eigenvalue weighted by atomic mass is 9.86. The smallest absolute Gasteiger partial charge is 0.275 e. The molecule has 120 valence electrons. The Kier molecular flexibility index (Phi) is 6.53. The second-order valence-corrected chi connectivity index (χ2v) is 6.86. The van der Waals surface area contributed by atoms with Crippen molar-refractivity contribution in [1.82, 2.24) is 4.98 Å². The van der Waals surface area contributed by atoms with Gasteiger partial charge in [-0.1, -0.05) is 39.0 Å². The molecule has 0 saturated heterocycles. The van der Waals surface area contributed by atoms with Crippen LogP contribution in [0, 0.1) is 0 Å². The van der Waals surface area contributed by atoms with Crippen LogP contribution in [0.2, 0.25) is 0 Å². The van der Waals surface area contributed by atoms with Crippen LogP contribution < -0.4 is 11.1 Å². The van der Waals surface area contributed by atoms with E-state index in [2.05, 4.69) is 31.1 Å². The maximum absolute atomic E-state index is 12.3. The first kappa shape index (κ1) is 18.6. The molecule has 0 bridgehead atoms. The number of nitrogens with two attached hydrogens (primary N) is 1. The summed E-state index contributed by atoms with van der Waals surface area (Å²) in [6, 6.07) is 7.87. The third-order valence-corrected chi connectivity index (χ3v) is 4.03. The molecule has 2 rings (SSSR count). The number of carbonyl (C=O) groups is 1. The van der Waals surface area contributed by atoms with E-state index < -0.39 is 0 Å². The Morgan fingerprint density at radius 2 is 2.00 bits per heavy atom. The number of thiazole rings is 1. The average Bonchev–Trinajstić information content (AvgIpc) is 2.87. The van der Waals surface area contributed by atoms with E-state index in [4.69, 9.17) is 5.73 Å².